The van der Waals surface area contributed by atoms with E-state index in [9.17, 15) is 9.59 Å². The van der Waals surface area contributed by atoms with Crippen LogP contribution in [0.1, 0.15) is 34.8 Å². The fourth-order valence-corrected chi connectivity index (χ4v) is 3.08. The van der Waals surface area contributed by atoms with E-state index in [4.69, 9.17) is 14.9 Å². The number of nitrogens with two attached hydrogens (primary N) is 1. The van der Waals surface area contributed by atoms with E-state index in [1.165, 1.54) is 0 Å². The molecule has 6 heteroatoms. The maximum absolute atomic E-state index is 12.6. The molecule has 0 saturated carbocycles. The highest BCUT2D eigenvalue weighted by atomic mass is 16.5. The van der Waals surface area contributed by atoms with Gasteiger partial charge in [0.15, 0.2) is 0 Å². The molecule has 0 bridgehead atoms. The van der Waals surface area contributed by atoms with E-state index in [1.54, 1.807) is 37.4 Å². The van der Waals surface area contributed by atoms with Crippen LogP contribution in [0.15, 0.2) is 45.6 Å². The van der Waals surface area contributed by atoms with Gasteiger partial charge in [0.1, 0.15) is 16.9 Å². The lowest BCUT2D eigenvalue weighted by molar-refractivity contribution is 0.102. The Labute approximate surface area is 156 Å². The first-order chi connectivity index (χ1) is 12.9. The lowest BCUT2D eigenvalue weighted by atomic mass is 10.0. The van der Waals surface area contributed by atoms with Gasteiger partial charge in [0, 0.05) is 22.3 Å². The van der Waals surface area contributed by atoms with Crippen LogP contribution in [0.3, 0.4) is 0 Å². The van der Waals surface area contributed by atoms with Crippen LogP contribution in [0.5, 0.6) is 5.75 Å². The highest BCUT2D eigenvalue weighted by Crippen LogP contribution is 2.29. The summed E-state index contributed by atoms with van der Waals surface area (Å²) in [5, 5.41) is 3.42. The third-order valence-electron chi connectivity index (χ3n) is 4.43. The van der Waals surface area contributed by atoms with E-state index in [-0.39, 0.29) is 5.56 Å². The van der Waals surface area contributed by atoms with Crippen molar-refractivity contribution in [3.05, 3.63) is 63.5 Å². The zero-order chi connectivity index (χ0) is 19.6. The molecule has 3 N–H and O–H groups in total. The topological polar surface area (TPSA) is 94.6 Å². The number of aryl methyl sites for hydroxylation is 2. The minimum Gasteiger partial charge on any atom is -0.496 e. The number of methoxy groups -OCH3 is 1. The van der Waals surface area contributed by atoms with Gasteiger partial charge in [-0.05, 0) is 55.3 Å². The van der Waals surface area contributed by atoms with Crippen LogP contribution < -0.4 is 21.4 Å². The van der Waals surface area contributed by atoms with E-state index >= 15 is 0 Å². The largest absolute Gasteiger partial charge is 0.496 e. The number of carbonyl (C=O) groups is 1. The van der Waals surface area contributed by atoms with Crippen molar-refractivity contribution < 1.29 is 13.9 Å². The summed E-state index contributed by atoms with van der Waals surface area (Å²) in [6.07, 6.45) is 1.58. The van der Waals surface area contributed by atoms with Gasteiger partial charge in [0.2, 0.25) is 0 Å². The molecule has 0 aliphatic heterocycles. The number of nitrogen functional groups attached to an aromatic ring is 1. The quantitative estimate of drug-likeness (QED) is 0.527. The third kappa shape index (κ3) is 3.65. The Kier molecular flexibility index (Phi) is 5.16. The molecular formula is C21H22N2O4. The highest BCUT2D eigenvalue weighted by Gasteiger charge is 2.18. The molecule has 140 valence electrons. The van der Waals surface area contributed by atoms with Crippen LogP contribution >= 0.6 is 0 Å². The molecule has 0 spiro atoms. The molecule has 0 saturated heterocycles. The van der Waals surface area contributed by atoms with Crippen LogP contribution in [0, 0.1) is 6.92 Å². The molecular weight excluding hydrogens is 344 g/mol. The Morgan fingerprint density at radius 2 is 2.00 bits per heavy atom. The lowest BCUT2D eigenvalue weighted by Crippen LogP contribution is -2.21. The average Bonchev–Trinajstić information content (AvgIpc) is 2.64. The van der Waals surface area contributed by atoms with Gasteiger partial charge in [0.25, 0.3) is 5.91 Å². The van der Waals surface area contributed by atoms with Gasteiger partial charge in [-0.1, -0.05) is 13.3 Å². The van der Waals surface area contributed by atoms with E-state index in [1.807, 2.05) is 19.9 Å². The molecule has 27 heavy (non-hydrogen) atoms. The molecule has 0 atom stereocenters. The van der Waals surface area contributed by atoms with Gasteiger partial charge in [-0.15, -0.1) is 0 Å². The Balaban J connectivity index is 2.03. The summed E-state index contributed by atoms with van der Waals surface area (Å²) >= 11 is 0. The molecule has 6 nitrogen and oxygen atoms in total. The van der Waals surface area contributed by atoms with Gasteiger partial charge in [-0.25, -0.2) is 4.79 Å². The van der Waals surface area contributed by atoms with E-state index in [2.05, 4.69) is 5.32 Å². The summed E-state index contributed by atoms with van der Waals surface area (Å²) in [7, 11) is 1.58. The van der Waals surface area contributed by atoms with Gasteiger partial charge < -0.3 is 20.2 Å². The molecule has 1 amide bonds. The van der Waals surface area contributed by atoms with Crippen molar-refractivity contribution in [3.8, 4) is 5.75 Å². The lowest BCUT2D eigenvalue weighted by Gasteiger charge is -2.12. The zero-order valence-corrected chi connectivity index (χ0v) is 15.6. The number of nitrogens with one attached hydrogen (secondary N) is 1. The van der Waals surface area contributed by atoms with Crippen molar-refractivity contribution in [1.82, 2.24) is 0 Å². The Hall–Kier alpha value is -3.28. The second-order valence-electron chi connectivity index (χ2n) is 6.39. The summed E-state index contributed by atoms with van der Waals surface area (Å²) in [6.45, 7) is 3.87. The second kappa shape index (κ2) is 7.53. The number of benzene rings is 2. The summed E-state index contributed by atoms with van der Waals surface area (Å²) in [6, 6.07) is 10.3. The van der Waals surface area contributed by atoms with Gasteiger partial charge in [-0.2, -0.15) is 0 Å². The van der Waals surface area contributed by atoms with E-state index < -0.39 is 11.5 Å². The molecule has 0 radical (unpaired) electrons. The van der Waals surface area contributed by atoms with Gasteiger partial charge >= 0.3 is 5.63 Å². The number of fused-ring (bicyclic) bond motifs is 1. The maximum atomic E-state index is 12.6. The van der Waals surface area contributed by atoms with Crippen LogP contribution in [0.4, 0.5) is 11.4 Å². The van der Waals surface area contributed by atoms with Crippen molar-refractivity contribution in [2.75, 3.05) is 18.2 Å². The highest BCUT2D eigenvalue weighted by molar-refractivity contribution is 6.06. The SMILES string of the molecule is CCCc1c(OC)ccc2cc(C(=O)Nc3ccc(N)cc3C)c(=O)oc12. The maximum Gasteiger partial charge on any atom is 0.349 e. The number of rotatable bonds is 5. The van der Waals surface area contributed by atoms with E-state index in [0.29, 0.717) is 34.5 Å². The zero-order valence-electron chi connectivity index (χ0n) is 15.6. The molecule has 0 fully saturated rings. The minimum absolute atomic E-state index is 0.0497. The standard InChI is InChI=1S/C21H22N2O4/c1-4-5-15-18(26-3)9-6-13-11-16(21(25)27-19(13)15)20(24)23-17-8-7-14(22)10-12(17)2/h6-11H,4-5,22H2,1-3H3,(H,23,24). The Bertz CT molecular complexity index is 1070. The summed E-state index contributed by atoms with van der Waals surface area (Å²) < 4.78 is 10.9. The predicted molar refractivity (Wildman–Crippen MR) is 107 cm³/mol. The van der Waals surface area contributed by atoms with Crippen LogP contribution in [-0.4, -0.2) is 13.0 Å². The second-order valence-corrected chi connectivity index (χ2v) is 6.39. The Morgan fingerprint density at radius 3 is 2.67 bits per heavy atom. The normalized spacial score (nSPS) is 10.8. The van der Waals surface area contributed by atoms with Crippen molar-refractivity contribution in [1.29, 1.82) is 0 Å². The summed E-state index contributed by atoms with van der Waals surface area (Å²) in [4.78, 5) is 25.1. The molecule has 0 unspecified atom stereocenters. The van der Waals surface area contributed by atoms with Crippen molar-refractivity contribution >= 4 is 28.3 Å². The van der Waals surface area contributed by atoms with Crippen LogP contribution in [0.25, 0.3) is 11.0 Å². The first-order valence-corrected chi connectivity index (χ1v) is 8.75. The number of anilines is 2. The molecule has 1 aromatic heterocycles. The molecule has 1 heterocycles. The molecule has 3 aromatic rings. The monoisotopic (exact) mass is 366 g/mol. The van der Waals surface area contributed by atoms with Crippen molar-refractivity contribution in [2.24, 2.45) is 0 Å². The third-order valence-corrected chi connectivity index (χ3v) is 4.43. The molecule has 2 aromatic carbocycles. The average molecular weight is 366 g/mol. The van der Waals surface area contributed by atoms with Crippen LogP contribution in [-0.2, 0) is 6.42 Å². The minimum atomic E-state index is -0.682. The fraction of sp³-hybridized carbons (Fsp3) is 0.238. The Morgan fingerprint density at radius 1 is 1.22 bits per heavy atom. The van der Waals surface area contributed by atoms with Crippen molar-refractivity contribution in [3.63, 3.8) is 0 Å². The van der Waals surface area contributed by atoms with Gasteiger partial charge in [0.05, 0.1) is 7.11 Å². The van der Waals surface area contributed by atoms with Crippen LogP contribution in [0.2, 0.25) is 0 Å². The van der Waals surface area contributed by atoms with Gasteiger partial charge in [-0.3, -0.25) is 4.79 Å². The molecule has 3 rings (SSSR count). The fourth-order valence-electron chi connectivity index (χ4n) is 3.08. The first kappa shape index (κ1) is 18.5. The predicted octanol–water partition coefficient (Wildman–Crippen LogP) is 3.90. The summed E-state index contributed by atoms with van der Waals surface area (Å²) in [5.41, 5.74) is 8.29. The van der Waals surface area contributed by atoms with E-state index in [0.717, 1.165) is 17.5 Å². The smallest absolute Gasteiger partial charge is 0.349 e. The number of hydrogen-bond donors (Lipinski definition) is 2. The number of ether oxygens (including phenoxy) is 1. The number of amides is 1. The molecule has 0 aliphatic rings. The summed E-state index contributed by atoms with van der Waals surface area (Å²) in [5.74, 6) is 0.147. The first-order valence-electron chi connectivity index (χ1n) is 8.75. The number of hydrogen-bond acceptors (Lipinski definition) is 5. The number of carbonyl (C=O) groups excluding carboxylic acids is 1. The van der Waals surface area contributed by atoms with Crippen molar-refractivity contribution in [2.45, 2.75) is 26.7 Å². The molecule has 0 aliphatic carbocycles.